The highest BCUT2D eigenvalue weighted by Gasteiger charge is 2.07. The van der Waals surface area contributed by atoms with Gasteiger partial charge in [-0.25, -0.2) is 4.85 Å². The van der Waals surface area contributed by atoms with E-state index in [2.05, 4.69) is 4.85 Å². The van der Waals surface area contributed by atoms with Crippen LogP contribution in [0.1, 0.15) is 15.9 Å². The molecule has 76 valence electrons. The van der Waals surface area contributed by atoms with Gasteiger partial charge in [-0.1, -0.05) is 54.6 Å². The van der Waals surface area contributed by atoms with Crippen molar-refractivity contribution in [3.8, 4) is 0 Å². The molecule has 0 unspecified atom stereocenters. The Labute approximate surface area is 94.0 Å². The van der Waals surface area contributed by atoms with Crippen LogP contribution in [-0.4, -0.2) is 5.78 Å². The maximum Gasteiger partial charge on any atom is 0.192 e. The minimum Gasteiger partial charge on any atom is -0.289 e. The van der Waals surface area contributed by atoms with Crippen LogP contribution in [0.2, 0.25) is 0 Å². The summed E-state index contributed by atoms with van der Waals surface area (Å²) in [5.41, 5.74) is 1.82. The molecule has 0 amide bonds. The summed E-state index contributed by atoms with van der Waals surface area (Å²) < 4.78 is 0. The predicted molar refractivity (Wildman–Crippen MR) is 62.6 cm³/mol. The van der Waals surface area contributed by atoms with E-state index in [0.29, 0.717) is 16.8 Å². The third kappa shape index (κ3) is 1.99. The molecule has 2 rings (SSSR count). The lowest BCUT2D eigenvalue weighted by Gasteiger charge is -2.00. The van der Waals surface area contributed by atoms with E-state index in [9.17, 15) is 4.79 Å². The van der Waals surface area contributed by atoms with Crippen LogP contribution >= 0.6 is 0 Å². The van der Waals surface area contributed by atoms with Crippen molar-refractivity contribution in [3.63, 3.8) is 0 Å². The molecule has 0 saturated heterocycles. The van der Waals surface area contributed by atoms with Gasteiger partial charge in [0.1, 0.15) is 0 Å². The lowest BCUT2D eigenvalue weighted by molar-refractivity contribution is 0.103. The Kier molecular flexibility index (Phi) is 2.79. The van der Waals surface area contributed by atoms with E-state index in [1.54, 1.807) is 36.4 Å². The number of rotatable bonds is 2. The molecular formula is C14H9NO. The molecular weight excluding hydrogens is 198 g/mol. The number of hydrogen-bond donors (Lipinski definition) is 0. The van der Waals surface area contributed by atoms with Gasteiger partial charge in [0.15, 0.2) is 11.5 Å². The highest BCUT2D eigenvalue weighted by Crippen LogP contribution is 2.15. The summed E-state index contributed by atoms with van der Waals surface area (Å²) in [6, 6.07) is 15.8. The first-order chi connectivity index (χ1) is 7.81. The smallest absolute Gasteiger partial charge is 0.192 e. The van der Waals surface area contributed by atoms with Gasteiger partial charge in [-0.15, -0.1) is 0 Å². The molecule has 0 N–H and O–H groups in total. The molecule has 0 aliphatic heterocycles. The van der Waals surface area contributed by atoms with E-state index in [4.69, 9.17) is 6.57 Å². The largest absolute Gasteiger partial charge is 0.289 e. The Balaban J connectivity index is 2.32. The minimum absolute atomic E-state index is 0.0165. The Morgan fingerprint density at radius 2 is 1.44 bits per heavy atom. The van der Waals surface area contributed by atoms with Gasteiger partial charge in [-0.3, -0.25) is 4.79 Å². The van der Waals surface area contributed by atoms with Crippen LogP contribution < -0.4 is 0 Å². The highest BCUT2D eigenvalue weighted by molar-refractivity contribution is 6.09. The third-order valence-corrected chi connectivity index (χ3v) is 2.29. The minimum atomic E-state index is -0.0165. The third-order valence-electron chi connectivity index (χ3n) is 2.29. The van der Waals surface area contributed by atoms with Gasteiger partial charge in [-0.05, 0) is 0 Å². The van der Waals surface area contributed by atoms with Crippen LogP contribution in [0, 0.1) is 6.57 Å². The molecule has 0 spiro atoms. The highest BCUT2D eigenvalue weighted by atomic mass is 16.1. The topological polar surface area (TPSA) is 21.4 Å². The Morgan fingerprint density at radius 1 is 0.875 bits per heavy atom. The van der Waals surface area contributed by atoms with Gasteiger partial charge >= 0.3 is 0 Å². The Hall–Kier alpha value is -2.40. The van der Waals surface area contributed by atoms with Crippen molar-refractivity contribution in [1.82, 2.24) is 0 Å². The first-order valence-corrected chi connectivity index (χ1v) is 4.88. The van der Waals surface area contributed by atoms with Crippen LogP contribution in [-0.2, 0) is 0 Å². The standard InChI is InChI=1S/C14H9NO/c1-15-13-9-7-12(8-10-13)14(16)11-5-3-2-4-6-11/h2-10H. The number of nitrogens with zero attached hydrogens (tertiary/aromatic N) is 1. The molecule has 0 heterocycles. The van der Waals surface area contributed by atoms with Gasteiger partial charge in [0.2, 0.25) is 0 Å². The van der Waals surface area contributed by atoms with E-state index in [0.717, 1.165) is 0 Å². The Morgan fingerprint density at radius 3 is 2.00 bits per heavy atom. The second-order valence-corrected chi connectivity index (χ2v) is 3.35. The second-order valence-electron chi connectivity index (χ2n) is 3.35. The zero-order chi connectivity index (χ0) is 11.4. The number of ketones is 1. The van der Waals surface area contributed by atoms with Crippen LogP contribution in [0.5, 0.6) is 0 Å². The van der Waals surface area contributed by atoms with E-state index in [-0.39, 0.29) is 5.78 Å². The second kappa shape index (κ2) is 4.41. The fourth-order valence-corrected chi connectivity index (χ4v) is 1.44. The molecule has 2 aromatic rings. The molecule has 2 aromatic carbocycles. The average molecular weight is 207 g/mol. The summed E-state index contributed by atoms with van der Waals surface area (Å²) in [4.78, 5) is 15.3. The van der Waals surface area contributed by atoms with Crippen molar-refractivity contribution in [2.24, 2.45) is 0 Å². The average Bonchev–Trinajstić information content (AvgIpc) is 2.39. The summed E-state index contributed by atoms with van der Waals surface area (Å²) in [7, 11) is 0. The molecule has 2 heteroatoms. The van der Waals surface area contributed by atoms with Gasteiger partial charge in [0, 0.05) is 11.1 Å². The van der Waals surface area contributed by atoms with Crippen LogP contribution in [0.15, 0.2) is 54.6 Å². The fourth-order valence-electron chi connectivity index (χ4n) is 1.44. The zero-order valence-electron chi connectivity index (χ0n) is 8.55. The SMILES string of the molecule is [C-]#[N+]c1ccc(C(=O)c2ccccc2)cc1. The maximum absolute atomic E-state index is 12.0. The molecule has 0 fully saturated rings. The van der Waals surface area contributed by atoms with Gasteiger partial charge in [-0.2, -0.15) is 0 Å². The predicted octanol–water partition coefficient (Wildman–Crippen LogP) is 3.47. The van der Waals surface area contributed by atoms with Crippen LogP contribution in [0.3, 0.4) is 0 Å². The van der Waals surface area contributed by atoms with Gasteiger partial charge in [0.25, 0.3) is 0 Å². The molecule has 0 aliphatic carbocycles. The summed E-state index contributed by atoms with van der Waals surface area (Å²) in [6.07, 6.45) is 0. The van der Waals surface area contributed by atoms with E-state index in [1.165, 1.54) is 0 Å². The number of carbonyl (C=O) groups excluding carboxylic acids is 1. The number of benzene rings is 2. The molecule has 0 aromatic heterocycles. The number of hydrogen-bond acceptors (Lipinski definition) is 1. The quantitative estimate of drug-likeness (QED) is 0.545. The first kappa shape index (κ1) is 10.1. The van der Waals surface area contributed by atoms with Crippen molar-refractivity contribution in [3.05, 3.63) is 77.1 Å². The Bertz CT molecular complexity index is 535. The molecule has 0 radical (unpaired) electrons. The molecule has 16 heavy (non-hydrogen) atoms. The van der Waals surface area contributed by atoms with Crippen molar-refractivity contribution in [1.29, 1.82) is 0 Å². The monoisotopic (exact) mass is 207 g/mol. The van der Waals surface area contributed by atoms with Gasteiger partial charge < -0.3 is 0 Å². The maximum atomic E-state index is 12.0. The molecule has 0 bridgehead atoms. The normalized spacial score (nSPS) is 9.44. The molecule has 0 aliphatic rings. The van der Waals surface area contributed by atoms with E-state index >= 15 is 0 Å². The van der Waals surface area contributed by atoms with E-state index in [1.807, 2.05) is 18.2 Å². The van der Waals surface area contributed by atoms with Crippen molar-refractivity contribution >= 4 is 11.5 Å². The van der Waals surface area contributed by atoms with Crippen LogP contribution in [0.4, 0.5) is 5.69 Å². The summed E-state index contributed by atoms with van der Waals surface area (Å²) in [6.45, 7) is 6.83. The van der Waals surface area contributed by atoms with Crippen LogP contribution in [0.25, 0.3) is 4.85 Å². The first-order valence-electron chi connectivity index (χ1n) is 4.88. The van der Waals surface area contributed by atoms with Gasteiger partial charge in [0.05, 0.1) is 6.57 Å². The fraction of sp³-hybridized carbons (Fsp3) is 0. The van der Waals surface area contributed by atoms with Crippen molar-refractivity contribution < 1.29 is 4.79 Å². The lowest BCUT2D eigenvalue weighted by atomic mass is 10.0. The molecule has 0 atom stereocenters. The van der Waals surface area contributed by atoms with Crippen molar-refractivity contribution in [2.45, 2.75) is 0 Å². The lowest BCUT2D eigenvalue weighted by Crippen LogP contribution is -1.99. The zero-order valence-corrected chi connectivity index (χ0v) is 8.55. The summed E-state index contributed by atoms with van der Waals surface area (Å²) in [5.74, 6) is -0.0165. The van der Waals surface area contributed by atoms with E-state index < -0.39 is 0 Å². The number of carbonyl (C=O) groups is 1. The molecule has 2 nitrogen and oxygen atoms in total. The summed E-state index contributed by atoms with van der Waals surface area (Å²) in [5, 5.41) is 0. The molecule has 0 saturated carbocycles. The summed E-state index contributed by atoms with van der Waals surface area (Å²) >= 11 is 0. The van der Waals surface area contributed by atoms with Crippen molar-refractivity contribution in [2.75, 3.05) is 0 Å².